The lowest BCUT2D eigenvalue weighted by atomic mass is 10.1. The van der Waals surface area contributed by atoms with E-state index in [0.29, 0.717) is 0 Å². The molecule has 1 heterocycles. The predicted octanol–water partition coefficient (Wildman–Crippen LogP) is 2.44. The molecule has 1 aliphatic heterocycles. The summed E-state index contributed by atoms with van der Waals surface area (Å²) in [5.74, 6) is 0. The molecule has 19 heavy (non-hydrogen) atoms. The summed E-state index contributed by atoms with van der Waals surface area (Å²) in [6.45, 7) is 13.2. The van der Waals surface area contributed by atoms with Crippen molar-refractivity contribution in [2.75, 3.05) is 39.4 Å². The quantitative estimate of drug-likeness (QED) is 0.827. The van der Waals surface area contributed by atoms with Gasteiger partial charge in [-0.15, -0.1) is 0 Å². The summed E-state index contributed by atoms with van der Waals surface area (Å²) in [7, 11) is 0. The van der Waals surface area contributed by atoms with Crippen molar-refractivity contribution in [2.24, 2.45) is 0 Å². The zero-order valence-electron chi connectivity index (χ0n) is 12.6. The van der Waals surface area contributed by atoms with Crippen LogP contribution in [0.2, 0.25) is 0 Å². The minimum atomic E-state index is 0.887. The van der Waals surface area contributed by atoms with Gasteiger partial charge in [0, 0.05) is 32.7 Å². The molecule has 1 aliphatic rings. The largest absolute Gasteiger partial charge is 0.379 e. The van der Waals surface area contributed by atoms with Gasteiger partial charge in [0.15, 0.2) is 0 Å². The van der Waals surface area contributed by atoms with Crippen LogP contribution < -0.4 is 5.32 Å². The SMILES string of the molecule is CC.Cc1cccc(CNCCN2CCOCC2)c1. The fourth-order valence-corrected chi connectivity index (χ4v) is 2.12. The summed E-state index contributed by atoms with van der Waals surface area (Å²) >= 11 is 0. The molecule has 1 N–H and O–H groups in total. The lowest BCUT2D eigenvalue weighted by molar-refractivity contribution is 0.0384. The Hall–Kier alpha value is -0.900. The second-order valence-electron chi connectivity index (χ2n) is 4.62. The Morgan fingerprint density at radius 3 is 2.63 bits per heavy atom. The van der Waals surface area contributed by atoms with Crippen molar-refractivity contribution < 1.29 is 4.74 Å². The van der Waals surface area contributed by atoms with Crippen molar-refractivity contribution in [3.05, 3.63) is 35.4 Å². The second kappa shape index (κ2) is 9.96. The van der Waals surface area contributed by atoms with E-state index in [1.54, 1.807) is 0 Å². The first-order chi connectivity index (χ1) is 9.34. The first-order valence-corrected chi connectivity index (χ1v) is 7.41. The fourth-order valence-electron chi connectivity index (χ4n) is 2.12. The van der Waals surface area contributed by atoms with Gasteiger partial charge in [0.25, 0.3) is 0 Å². The molecule has 0 amide bonds. The highest BCUT2D eigenvalue weighted by atomic mass is 16.5. The smallest absolute Gasteiger partial charge is 0.0594 e. The number of morpholine rings is 1. The Morgan fingerprint density at radius 2 is 1.95 bits per heavy atom. The number of benzene rings is 1. The minimum Gasteiger partial charge on any atom is -0.379 e. The Balaban J connectivity index is 0.000000861. The van der Waals surface area contributed by atoms with E-state index < -0.39 is 0 Å². The minimum absolute atomic E-state index is 0.887. The monoisotopic (exact) mass is 264 g/mol. The number of nitrogens with zero attached hydrogens (tertiary/aromatic N) is 1. The Labute approximate surface area is 118 Å². The third-order valence-corrected chi connectivity index (χ3v) is 3.12. The molecule has 2 rings (SSSR count). The third-order valence-electron chi connectivity index (χ3n) is 3.12. The van der Waals surface area contributed by atoms with E-state index in [9.17, 15) is 0 Å². The van der Waals surface area contributed by atoms with Gasteiger partial charge in [0.1, 0.15) is 0 Å². The molecular weight excluding hydrogens is 236 g/mol. The van der Waals surface area contributed by atoms with Crippen LogP contribution in [0.1, 0.15) is 25.0 Å². The lowest BCUT2D eigenvalue weighted by Gasteiger charge is -2.26. The maximum atomic E-state index is 5.33. The molecule has 3 nitrogen and oxygen atoms in total. The molecule has 1 aromatic carbocycles. The van der Waals surface area contributed by atoms with Crippen molar-refractivity contribution in [1.82, 2.24) is 10.2 Å². The average molecular weight is 264 g/mol. The Bertz CT molecular complexity index is 335. The molecule has 1 fully saturated rings. The van der Waals surface area contributed by atoms with Gasteiger partial charge in [0.2, 0.25) is 0 Å². The van der Waals surface area contributed by atoms with Crippen molar-refractivity contribution in [3.8, 4) is 0 Å². The van der Waals surface area contributed by atoms with Gasteiger partial charge in [-0.1, -0.05) is 43.7 Å². The van der Waals surface area contributed by atoms with Crippen LogP contribution in [0.4, 0.5) is 0 Å². The lowest BCUT2D eigenvalue weighted by Crippen LogP contribution is -2.40. The third kappa shape index (κ3) is 6.71. The summed E-state index contributed by atoms with van der Waals surface area (Å²) in [5.41, 5.74) is 2.70. The van der Waals surface area contributed by atoms with Crippen LogP contribution in [0, 0.1) is 6.92 Å². The van der Waals surface area contributed by atoms with Crippen LogP contribution in [-0.2, 0) is 11.3 Å². The second-order valence-corrected chi connectivity index (χ2v) is 4.62. The highest BCUT2D eigenvalue weighted by Crippen LogP contribution is 2.03. The normalized spacial score (nSPS) is 15.7. The average Bonchev–Trinajstić information content (AvgIpc) is 2.47. The molecule has 108 valence electrons. The fraction of sp³-hybridized carbons (Fsp3) is 0.625. The van der Waals surface area contributed by atoms with Crippen LogP contribution in [0.15, 0.2) is 24.3 Å². The van der Waals surface area contributed by atoms with Crippen molar-refractivity contribution >= 4 is 0 Å². The van der Waals surface area contributed by atoms with Gasteiger partial charge in [-0.25, -0.2) is 0 Å². The first-order valence-electron chi connectivity index (χ1n) is 7.41. The number of hydrogen-bond donors (Lipinski definition) is 1. The number of nitrogens with one attached hydrogen (secondary N) is 1. The molecule has 0 aliphatic carbocycles. The van der Waals surface area contributed by atoms with E-state index >= 15 is 0 Å². The highest BCUT2D eigenvalue weighted by Gasteiger charge is 2.08. The standard InChI is InChI=1S/C14H22N2O.C2H6/c1-13-3-2-4-14(11-13)12-15-5-6-16-7-9-17-10-8-16;1-2/h2-4,11,15H,5-10,12H2,1H3;1-2H3. The molecule has 1 saturated heterocycles. The first kappa shape index (κ1) is 16.2. The number of ether oxygens (including phenoxy) is 1. The predicted molar refractivity (Wildman–Crippen MR) is 81.5 cm³/mol. The molecule has 0 atom stereocenters. The molecule has 0 aromatic heterocycles. The van der Waals surface area contributed by atoms with Crippen LogP contribution in [0.3, 0.4) is 0 Å². The highest BCUT2D eigenvalue weighted by molar-refractivity contribution is 5.21. The zero-order valence-corrected chi connectivity index (χ0v) is 12.6. The molecule has 1 aromatic rings. The molecule has 0 bridgehead atoms. The van der Waals surface area contributed by atoms with Gasteiger partial charge < -0.3 is 10.1 Å². The van der Waals surface area contributed by atoms with Gasteiger partial charge >= 0.3 is 0 Å². The van der Waals surface area contributed by atoms with Gasteiger partial charge in [-0.05, 0) is 12.5 Å². The van der Waals surface area contributed by atoms with Crippen molar-refractivity contribution in [3.63, 3.8) is 0 Å². The molecule has 3 heteroatoms. The number of aryl methyl sites for hydroxylation is 1. The van der Waals surface area contributed by atoms with Crippen LogP contribution >= 0.6 is 0 Å². The van der Waals surface area contributed by atoms with Gasteiger partial charge in [-0.3, -0.25) is 4.90 Å². The molecular formula is C16H28N2O. The molecule has 0 unspecified atom stereocenters. The topological polar surface area (TPSA) is 24.5 Å². The number of rotatable bonds is 5. The van der Waals surface area contributed by atoms with Gasteiger partial charge in [0.05, 0.1) is 13.2 Å². The maximum absolute atomic E-state index is 5.33. The van der Waals surface area contributed by atoms with E-state index in [1.807, 2.05) is 13.8 Å². The Morgan fingerprint density at radius 1 is 1.21 bits per heavy atom. The van der Waals surface area contributed by atoms with Crippen LogP contribution in [0.25, 0.3) is 0 Å². The van der Waals surface area contributed by atoms with E-state index in [1.165, 1.54) is 11.1 Å². The zero-order chi connectivity index (χ0) is 13.9. The summed E-state index contributed by atoms with van der Waals surface area (Å²) in [5, 5.41) is 3.49. The molecule has 0 radical (unpaired) electrons. The Kier molecular flexibility index (Phi) is 8.47. The molecule has 0 spiro atoms. The van der Waals surface area contributed by atoms with E-state index in [2.05, 4.69) is 41.4 Å². The molecule has 0 saturated carbocycles. The maximum Gasteiger partial charge on any atom is 0.0594 e. The van der Waals surface area contributed by atoms with E-state index in [0.717, 1.165) is 45.9 Å². The summed E-state index contributed by atoms with van der Waals surface area (Å²) in [4.78, 5) is 2.45. The van der Waals surface area contributed by atoms with Gasteiger partial charge in [-0.2, -0.15) is 0 Å². The van der Waals surface area contributed by atoms with Crippen LogP contribution in [-0.4, -0.2) is 44.3 Å². The van der Waals surface area contributed by atoms with Crippen molar-refractivity contribution in [2.45, 2.75) is 27.3 Å². The van der Waals surface area contributed by atoms with E-state index in [4.69, 9.17) is 4.74 Å². The summed E-state index contributed by atoms with van der Waals surface area (Å²) in [6.07, 6.45) is 0. The van der Waals surface area contributed by atoms with Crippen molar-refractivity contribution in [1.29, 1.82) is 0 Å². The van der Waals surface area contributed by atoms with E-state index in [-0.39, 0.29) is 0 Å². The summed E-state index contributed by atoms with van der Waals surface area (Å²) in [6, 6.07) is 8.67. The van der Waals surface area contributed by atoms with Crippen LogP contribution in [0.5, 0.6) is 0 Å². The summed E-state index contributed by atoms with van der Waals surface area (Å²) < 4.78 is 5.33. The number of hydrogen-bond acceptors (Lipinski definition) is 3.